The molecule has 0 saturated carbocycles. The molecule has 2 amide bonds. The van der Waals surface area contributed by atoms with E-state index in [9.17, 15) is 9.59 Å². The van der Waals surface area contributed by atoms with Gasteiger partial charge in [-0.3, -0.25) is 9.59 Å². The number of ether oxygens (including phenoxy) is 2. The zero-order chi connectivity index (χ0) is 23.6. The molecule has 0 fully saturated rings. The number of hydrogen-bond acceptors (Lipinski definition) is 9. The van der Waals surface area contributed by atoms with Gasteiger partial charge in [0, 0.05) is 17.0 Å². The normalized spacial score (nSPS) is 10.8. The van der Waals surface area contributed by atoms with E-state index in [-0.39, 0.29) is 0 Å². The van der Waals surface area contributed by atoms with Gasteiger partial charge < -0.3 is 14.8 Å². The van der Waals surface area contributed by atoms with E-state index >= 15 is 0 Å². The van der Waals surface area contributed by atoms with Gasteiger partial charge >= 0.3 is 11.8 Å². The van der Waals surface area contributed by atoms with Crippen molar-refractivity contribution < 1.29 is 19.1 Å². The van der Waals surface area contributed by atoms with Gasteiger partial charge in [-0.1, -0.05) is 23.1 Å². The number of amides is 2. The van der Waals surface area contributed by atoms with Crippen LogP contribution < -0.4 is 20.2 Å². The molecule has 0 saturated heterocycles. The van der Waals surface area contributed by atoms with Crippen molar-refractivity contribution in [3.05, 3.63) is 58.6 Å². The van der Waals surface area contributed by atoms with Crippen LogP contribution in [0.2, 0.25) is 0 Å². The first-order chi connectivity index (χ1) is 16.0. The predicted octanol–water partition coefficient (Wildman–Crippen LogP) is 3.63. The van der Waals surface area contributed by atoms with Gasteiger partial charge in [0.1, 0.15) is 16.5 Å². The lowest BCUT2D eigenvalue weighted by molar-refractivity contribution is -0.136. The second kappa shape index (κ2) is 12.0. The Morgan fingerprint density at radius 2 is 1.94 bits per heavy atom. The molecule has 0 unspecified atom stereocenters. The van der Waals surface area contributed by atoms with Crippen LogP contribution in [0.3, 0.4) is 0 Å². The summed E-state index contributed by atoms with van der Waals surface area (Å²) < 4.78 is 11.6. The van der Waals surface area contributed by atoms with Crippen molar-refractivity contribution in [1.29, 1.82) is 0 Å². The molecule has 11 heteroatoms. The van der Waals surface area contributed by atoms with E-state index < -0.39 is 11.8 Å². The van der Waals surface area contributed by atoms with E-state index in [4.69, 9.17) is 9.47 Å². The van der Waals surface area contributed by atoms with Crippen LogP contribution in [0, 0.1) is 6.92 Å². The molecule has 3 rings (SSSR count). The lowest BCUT2D eigenvalue weighted by atomic mass is 10.1. The zero-order valence-corrected chi connectivity index (χ0v) is 20.0. The van der Waals surface area contributed by atoms with Crippen molar-refractivity contribution in [2.75, 3.05) is 19.0 Å². The van der Waals surface area contributed by atoms with Crippen LogP contribution in [-0.2, 0) is 15.3 Å². The summed E-state index contributed by atoms with van der Waals surface area (Å²) in [5.41, 5.74) is 4.40. The molecule has 1 heterocycles. The van der Waals surface area contributed by atoms with Crippen molar-refractivity contribution in [2.24, 2.45) is 5.10 Å². The SMILES string of the molecule is CCOc1ccc(NC(=O)C(=O)N/N=C/c2ccc(OC)c(CSc3nnc(C)s3)c2)cc1. The van der Waals surface area contributed by atoms with Crippen molar-refractivity contribution in [1.82, 2.24) is 15.6 Å². The highest BCUT2D eigenvalue weighted by atomic mass is 32.2. The van der Waals surface area contributed by atoms with Crippen LogP contribution in [-0.4, -0.2) is 41.9 Å². The Kier molecular flexibility index (Phi) is 8.79. The minimum absolute atomic E-state index is 0.477. The van der Waals surface area contributed by atoms with Gasteiger partial charge in [-0.2, -0.15) is 5.10 Å². The molecule has 1 aromatic heterocycles. The number of anilines is 1. The van der Waals surface area contributed by atoms with E-state index in [1.54, 1.807) is 49.2 Å². The lowest BCUT2D eigenvalue weighted by Gasteiger charge is -2.08. The average molecular weight is 486 g/mol. The van der Waals surface area contributed by atoms with Gasteiger partial charge in [0.2, 0.25) is 0 Å². The summed E-state index contributed by atoms with van der Waals surface area (Å²) in [7, 11) is 1.61. The highest BCUT2D eigenvalue weighted by molar-refractivity contribution is 8.00. The number of hydrazone groups is 1. The summed E-state index contributed by atoms with van der Waals surface area (Å²) in [6.07, 6.45) is 1.46. The maximum absolute atomic E-state index is 12.1. The number of methoxy groups -OCH3 is 1. The van der Waals surface area contributed by atoms with Crippen LogP contribution in [0.5, 0.6) is 11.5 Å². The molecule has 9 nitrogen and oxygen atoms in total. The Hall–Kier alpha value is -3.44. The smallest absolute Gasteiger partial charge is 0.329 e. The summed E-state index contributed by atoms with van der Waals surface area (Å²) in [4.78, 5) is 24.1. The Labute approximate surface area is 199 Å². The molecule has 0 aliphatic rings. The fourth-order valence-electron chi connectivity index (χ4n) is 2.67. The van der Waals surface area contributed by atoms with Gasteiger partial charge in [-0.15, -0.1) is 10.2 Å². The summed E-state index contributed by atoms with van der Waals surface area (Å²) in [5, 5.41) is 15.4. The lowest BCUT2D eigenvalue weighted by Crippen LogP contribution is -2.32. The summed E-state index contributed by atoms with van der Waals surface area (Å²) in [6.45, 7) is 4.34. The Morgan fingerprint density at radius 3 is 2.61 bits per heavy atom. The summed E-state index contributed by atoms with van der Waals surface area (Å²) >= 11 is 3.09. The van der Waals surface area contributed by atoms with Crippen LogP contribution >= 0.6 is 23.1 Å². The number of benzene rings is 2. The fraction of sp³-hybridized carbons (Fsp3) is 0.227. The maximum Gasteiger partial charge on any atom is 0.329 e. The van der Waals surface area contributed by atoms with Crippen LogP contribution in [0.1, 0.15) is 23.1 Å². The van der Waals surface area contributed by atoms with E-state index in [2.05, 4.69) is 26.0 Å². The molecule has 0 aliphatic heterocycles. The largest absolute Gasteiger partial charge is 0.496 e. The molecule has 0 spiro atoms. The standard InChI is InChI=1S/C22H23N5O4S2/c1-4-31-18-8-6-17(7-9-18)24-20(28)21(29)26-23-12-15-5-10-19(30-3)16(11-15)13-32-22-27-25-14(2)33-22/h5-12H,4,13H2,1-3H3,(H,24,28)(H,26,29)/b23-12+. The van der Waals surface area contributed by atoms with Gasteiger partial charge in [0.05, 0.1) is 19.9 Å². The molecule has 2 aromatic carbocycles. The third kappa shape index (κ3) is 7.29. The molecule has 0 radical (unpaired) electrons. The predicted molar refractivity (Wildman–Crippen MR) is 129 cm³/mol. The molecule has 2 N–H and O–H groups in total. The minimum Gasteiger partial charge on any atom is -0.496 e. The van der Waals surface area contributed by atoms with Gasteiger partial charge in [0.15, 0.2) is 4.34 Å². The Bertz CT molecular complexity index is 1130. The first-order valence-corrected chi connectivity index (χ1v) is 11.8. The van der Waals surface area contributed by atoms with Gasteiger partial charge in [-0.05, 0) is 61.9 Å². The summed E-state index contributed by atoms with van der Waals surface area (Å²) in [5.74, 6) is 0.350. The van der Waals surface area contributed by atoms with Crippen molar-refractivity contribution in [3.63, 3.8) is 0 Å². The molecule has 172 valence electrons. The molecular weight excluding hydrogens is 462 g/mol. The monoisotopic (exact) mass is 485 g/mol. The summed E-state index contributed by atoms with van der Waals surface area (Å²) in [6, 6.07) is 12.2. The van der Waals surface area contributed by atoms with Crippen LogP contribution in [0.4, 0.5) is 5.69 Å². The van der Waals surface area contributed by atoms with E-state index in [0.29, 0.717) is 23.8 Å². The van der Waals surface area contributed by atoms with Crippen molar-refractivity contribution >= 4 is 46.8 Å². The molecule has 3 aromatic rings. The highest BCUT2D eigenvalue weighted by Gasteiger charge is 2.13. The molecule has 0 aliphatic carbocycles. The Balaban J connectivity index is 1.55. The number of rotatable bonds is 9. The van der Waals surface area contributed by atoms with Gasteiger partial charge in [0.25, 0.3) is 0 Å². The maximum atomic E-state index is 12.1. The molecular formula is C22H23N5O4S2. The van der Waals surface area contributed by atoms with E-state index in [0.717, 1.165) is 26.2 Å². The van der Waals surface area contributed by atoms with Crippen molar-refractivity contribution in [2.45, 2.75) is 23.9 Å². The number of aromatic nitrogens is 2. The first kappa shape index (κ1) is 24.2. The molecule has 0 atom stereocenters. The third-order valence-electron chi connectivity index (χ3n) is 4.17. The van der Waals surface area contributed by atoms with Gasteiger partial charge in [-0.25, -0.2) is 5.43 Å². The second-order valence-electron chi connectivity index (χ2n) is 6.56. The number of hydrogen-bond donors (Lipinski definition) is 2. The Morgan fingerprint density at radius 1 is 1.15 bits per heavy atom. The highest BCUT2D eigenvalue weighted by Crippen LogP contribution is 2.30. The molecule has 0 bridgehead atoms. The average Bonchev–Trinajstić information content (AvgIpc) is 3.24. The number of thioether (sulfide) groups is 1. The van der Waals surface area contributed by atoms with Crippen LogP contribution in [0.15, 0.2) is 51.9 Å². The first-order valence-electron chi connectivity index (χ1n) is 9.95. The number of nitrogens with zero attached hydrogens (tertiary/aromatic N) is 3. The van der Waals surface area contributed by atoms with E-state index in [1.807, 2.05) is 26.0 Å². The van der Waals surface area contributed by atoms with Crippen molar-refractivity contribution in [3.8, 4) is 11.5 Å². The molecule has 33 heavy (non-hydrogen) atoms. The number of carbonyl (C=O) groups excluding carboxylic acids is 2. The fourth-order valence-corrected chi connectivity index (χ4v) is 4.47. The van der Waals surface area contributed by atoms with E-state index in [1.165, 1.54) is 17.6 Å². The number of carbonyl (C=O) groups is 2. The number of aryl methyl sites for hydroxylation is 1. The topological polar surface area (TPSA) is 115 Å². The minimum atomic E-state index is -0.879. The number of nitrogens with one attached hydrogen (secondary N) is 2. The van der Waals surface area contributed by atoms with Crippen LogP contribution in [0.25, 0.3) is 0 Å². The second-order valence-corrected chi connectivity index (χ2v) is 8.96. The zero-order valence-electron chi connectivity index (χ0n) is 18.3. The third-order valence-corrected chi connectivity index (χ3v) is 6.19. The quantitative estimate of drug-likeness (QED) is 0.206.